The smallest absolute Gasteiger partial charge is 0.259 e. The molecule has 0 bridgehead atoms. The largest absolute Gasteiger partial charge is 0.369 e. The molecule has 11 heteroatoms. The van der Waals surface area contributed by atoms with E-state index in [-0.39, 0.29) is 47.3 Å². The Morgan fingerprint density at radius 2 is 1.57 bits per heavy atom. The standard InChI is InChI=1S/C33H40FN5O5/c1-36-8-10-37(11-9-36)28-24(34)12-22-27-32(28)44-26-14-21-20(29(40)18-4-2-3-5-19(18)30(21)41)13-25(26)39(27)16-23(31(22)42)33(43)38-7-6-17(35)15-38/h2-5,16-17,20-22,24-28,32H,6-15,35H2,1H3. The number of nitrogens with two attached hydrogens (primary N) is 1. The van der Waals surface area contributed by atoms with Crippen molar-refractivity contribution in [2.75, 3.05) is 46.3 Å². The first-order chi connectivity index (χ1) is 21.2. The molecule has 3 saturated heterocycles. The second-order valence-corrected chi connectivity index (χ2v) is 14.0. The molecule has 0 radical (unpaired) electrons. The molecular weight excluding hydrogens is 565 g/mol. The van der Waals surface area contributed by atoms with E-state index in [0.29, 0.717) is 56.6 Å². The Bertz CT molecular complexity index is 1440. The van der Waals surface area contributed by atoms with E-state index in [2.05, 4.69) is 21.7 Å². The number of ether oxygens (including phenoxy) is 1. The summed E-state index contributed by atoms with van der Waals surface area (Å²) < 4.78 is 23.3. The van der Waals surface area contributed by atoms with E-state index in [4.69, 9.17) is 10.5 Å². The van der Waals surface area contributed by atoms with Crippen molar-refractivity contribution >= 4 is 23.3 Å². The number of amides is 1. The highest BCUT2D eigenvalue weighted by atomic mass is 19.1. The molecule has 2 N–H and O–H groups in total. The maximum Gasteiger partial charge on any atom is 0.259 e. The van der Waals surface area contributed by atoms with Gasteiger partial charge in [-0.2, -0.15) is 0 Å². The fourth-order valence-corrected chi connectivity index (χ4v) is 9.33. The predicted molar refractivity (Wildman–Crippen MR) is 158 cm³/mol. The lowest BCUT2D eigenvalue weighted by Crippen LogP contribution is -2.74. The molecule has 4 aliphatic heterocycles. The lowest BCUT2D eigenvalue weighted by atomic mass is 9.63. The van der Waals surface area contributed by atoms with Gasteiger partial charge in [-0.1, -0.05) is 24.3 Å². The highest BCUT2D eigenvalue weighted by Crippen LogP contribution is 2.50. The number of likely N-dealkylation sites (N-methyl/N-ethyl adjacent to an activating group) is 1. The van der Waals surface area contributed by atoms with Gasteiger partial charge in [-0.25, -0.2) is 4.39 Å². The number of benzene rings is 1. The van der Waals surface area contributed by atoms with E-state index in [1.165, 1.54) is 0 Å². The van der Waals surface area contributed by atoms with Gasteiger partial charge in [-0.15, -0.1) is 0 Å². The zero-order valence-corrected chi connectivity index (χ0v) is 25.0. The predicted octanol–water partition coefficient (Wildman–Crippen LogP) is 0.899. The summed E-state index contributed by atoms with van der Waals surface area (Å²) in [5.74, 6) is -2.52. The fourth-order valence-electron chi connectivity index (χ4n) is 9.33. The number of nitrogens with zero attached hydrogens (tertiary/aromatic N) is 4. The molecule has 10 unspecified atom stereocenters. The van der Waals surface area contributed by atoms with Gasteiger partial charge in [-0.3, -0.25) is 24.1 Å². The lowest BCUT2D eigenvalue weighted by Gasteiger charge is -2.61. The minimum atomic E-state index is -1.30. The molecule has 3 aliphatic carbocycles. The molecule has 0 aromatic heterocycles. The highest BCUT2D eigenvalue weighted by molar-refractivity contribution is 6.21. The van der Waals surface area contributed by atoms with Gasteiger partial charge in [0, 0.05) is 80.4 Å². The zero-order valence-electron chi connectivity index (χ0n) is 25.0. The fraction of sp³-hybridized carbons (Fsp3) is 0.636. The first kappa shape index (κ1) is 28.5. The molecule has 4 heterocycles. The van der Waals surface area contributed by atoms with Crippen molar-refractivity contribution in [3.8, 4) is 0 Å². The average Bonchev–Trinajstić information content (AvgIpc) is 3.47. The normalized spacial score (nSPS) is 40.6. The SMILES string of the molecule is CN1CCN(C2C(F)CC3C(=O)C(C(=O)N4CCC(N)C4)=CN4C5CC6C(=O)c7ccccc7C(=O)C6CC5OC2C34)CC1. The van der Waals surface area contributed by atoms with Gasteiger partial charge in [0.25, 0.3) is 5.91 Å². The summed E-state index contributed by atoms with van der Waals surface area (Å²) in [4.78, 5) is 63.4. The summed E-state index contributed by atoms with van der Waals surface area (Å²) in [6, 6.07) is 5.57. The number of hydrogen-bond acceptors (Lipinski definition) is 9. The number of hydrogen-bond donors (Lipinski definition) is 1. The third kappa shape index (κ3) is 4.26. The minimum Gasteiger partial charge on any atom is -0.369 e. The molecule has 7 aliphatic rings. The molecule has 234 valence electrons. The summed E-state index contributed by atoms with van der Waals surface area (Å²) >= 11 is 0. The number of ketones is 3. The number of fused-ring (bicyclic) bond motifs is 4. The Balaban J connectivity index is 1.19. The second-order valence-electron chi connectivity index (χ2n) is 14.0. The van der Waals surface area contributed by atoms with Crippen LogP contribution >= 0.6 is 0 Å². The number of carbonyl (C=O) groups is 4. The number of likely N-dealkylation sites (tertiary alicyclic amines) is 1. The van der Waals surface area contributed by atoms with Gasteiger partial charge in [0.2, 0.25) is 0 Å². The topological polar surface area (TPSA) is 116 Å². The Hall–Kier alpha value is -2.99. The van der Waals surface area contributed by atoms with Gasteiger partial charge in [0.05, 0.1) is 35.9 Å². The first-order valence-electron chi connectivity index (χ1n) is 16.2. The zero-order chi connectivity index (χ0) is 30.4. The number of Topliss-reactive ketones (excluding diaryl/α,β-unsaturated/α-hetero) is 3. The van der Waals surface area contributed by atoms with Crippen LogP contribution in [0.4, 0.5) is 4.39 Å². The van der Waals surface area contributed by atoms with Gasteiger partial charge < -0.3 is 25.2 Å². The number of rotatable bonds is 2. The monoisotopic (exact) mass is 605 g/mol. The summed E-state index contributed by atoms with van der Waals surface area (Å²) in [5.41, 5.74) is 7.09. The number of alkyl halides is 1. The molecule has 1 amide bonds. The van der Waals surface area contributed by atoms with Crippen LogP contribution in [0.1, 0.15) is 46.4 Å². The summed E-state index contributed by atoms with van der Waals surface area (Å²) in [7, 11) is 2.06. The number of piperazine rings is 1. The van der Waals surface area contributed by atoms with E-state index >= 15 is 4.39 Å². The second kappa shape index (κ2) is 10.5. The minimum absolute atomic E-state index is 0.0230. The van der Waals surface area contributed by atoms with Crippen LogP contribution in [0.5, 0.6) is 0 Å². The maximum atomic E-state index is 16.4. The summed E-state index contributed by atoms with van der Waals surface area (Å²) in [6.07, 6.45) is 0.762. The van der Waals surface area contributed by atoms with Crippen LogP contribution < -0.4 is 5.73 Å². The Morgan fingerprint density at radius 1 is 0.886 bits per heavy atom. The third-order valence-corrected chi connectivity index (χ3v) is 11.6. The molecular formula is C33H40FN5O5. The van der Waals surface area contributed by atoms with Crippen LogP contribution in [0.3, 0.4) is 0 Å². The van der Waals surface area contributed by atoms with E-state index in [9.17, 15) is 19.2 Å². The molecule has 8 rings (SSSR count). The average molecular weight is 606 g/mol. The van der Waals surface area contributed by atoms with Crippen LogP contribution in [0.25, 0.3) is 0 Å². The third-order valence-electron chi connectivity index (χ3n) is 11.6. The van der Waals surface area contributed by atoms with Gasteiger partial charge >= 0.3 is 0 Å². The number of carbonyl (C=O) groups excluding carboxylic acids is 4. The van der Waals surface area contributed by atoms with Crippen LogP contribution in [0.2, 0.25) is 0 Å². The van der Waals surface area contributed by atoms with Gasteiger partial charge in [0.15, 0.2) is 17.3 Å². The Morgan fingerprint density at radius 3 is 2.23 bits per heavy atom. The lowest BCUT2D eigenvalue weighted by molar-refractivity contribution is -0.217. The first-order valence-corrected chi connectivity index (χ1v) is 16.2. The molecule has 1 aromatic rings. The molecule has 5 fully saturated rings. The van der Waals surface area contributed by atoms with Crippen molar-refractivity contribution in [3.63, 3.8) is 0 Å². The molecule has 10 atom stereocenters. The molecule has 10 nitrogen and oxygen atoms in total. The Kier molecular flexibility index (Phi) is 6.82. The number of morpholine rings is 1. The Labute approximate surface area is 256 Å². The van der Waals surface area contributed by atoms with Crippen molar-refractivity contribution in [1.82, 2.24) is 19.6 Å². The number of halogens is 1. The molecule has 44 heavy (non-hydrogen) atoms. The van der Waals surface area contributed by atoms with E-state index in [0.717, 1.165) is 13.1 Å². The van der Waals surface area contributed by atoms with Crippen molar-refractivity contribution in [2.24, 2.45) is 23.5 Å². The van der Waals surface area contributed by atoms with Gasteiger partial charge in [-0.05, 0) is 32.7 Å². The molecule has 0 spiro atoms. The van der Waals surface area contributed by atoms with Crippen LogP contribution in [-0.4, -0.2) is 132 Å². The van der Waals surface area contributed by atoms with Crippen LogP contribution in [0, 0.1) is 17.8 Å². The van der Waals surface area contributed by atoms with Crippen molar-refractivity contribution in [3.05, 3.63) is 47.2 Å². The summed E-state index contributed by atoms with van der Waals surface area (Å²) in [5, 5.41) is 0. The van der Waals surface area contributed by atoms with Crippen molar-refractivity contribution < 1.29 is 28.3 Å². The van der Waals surface area contributed by atoms with Crippen LogP contribution in [-0.2, 0) is 14.3 Å². The van der Waals surface area contributed by atoms with E-state index in [1.807, 2.05) is 0 Å². The highest BCUT2D eigenvalue weighted by Gasteiger charge is 2.62. The van der Waals surface area contributed by atoms with Crippen molar-refractivity contribution in [2.45, 2.75) is 68.2 Å². The van der Waals surface area contributed by atoms with Crippen molar-refractivity contribution in [1.29, 1.82) is 0 Å². The van der Waals surface area contributed by atoms with E-state index < -0.39 is 48.2 Å². The molecule has 1 aromatic carbocycles. The summed E-state index contributed by atoms with van der Waals surface area (Å²) in [6.45, 7) is 3.89. The quantitative estimate of drug-likeness (QED) is 0.491. The van der Waals surface area contributed by atoms with Crippen LogP contribution in [0.15, 0.2) is 36.0 Å². The maximum absolute atomic E-state index is 16.4. The van der Waals surface area contributed by atoms with Gasteiger partial charge in [0.1, 0.15) is 6.17 Å². The molecule has 2 saturated carbocycles. The van der Waals surface area contributed by atoms with E-state index in [1.54, 1.807) is 35.4 Å².